The van der Waals surface area contributed by atoms with E-state index >= 15 is 0 Å². The third-order valence-corrected chi connectivity index (χ3v) is 4.90. The van der Waals surface area contributed by atoms with Gasteiger partial charge in [-0.2, -0.15) is 0 Å². The van der Waals surface area contributed by atoms with Gasteiger partial charge in [0, 0.05) is 23.5 Å². The third kappa shape index (κ3) is 3.30. The predicted molar refractivity (Wildman–Crippen MR) is 93.1 cm³/mol. The fourth-order valence-electron chi connectivity index (χ4n) is 3.61. The molecule has 1 heterocycles. The van der Waals surface area contributed by atoms with Gasteiger partial charge in [-0.1, -0.05) is 25.1 Å². The molecule has 0 radical (unpaired) electrons. The molecule has 0 bridgehead atoms. The summed E-state index contributed by atoms with van der Waals surface area (Å²) in [6, 6.07) is 10.1. The Morgan fingerprint density at radius 3 is 2.58 bits per heavy atom. The number of para-hydroxylation sites is 1. The Bertz CT molecular complexity index is 742. The van der Waals surface area contributed by atoms with Crippen molar-refractivity contribution in [3.8, 4) is 0 Å². The molecule has 1 fully saturated rings. The molecule has 1 aromatic heterocycles. The highest BCUT2D eigenvalue weighted by atomic mass is 16.4. The van der Waals surface area contributed by atoms with E-state index in [1.807, 2.05) is 30.3 Å². The van der Waals surface area contributed by atoms with Crippen LogP contribution in [0.3, 0.4) is 0 Å². The number of hydrogen-bond donors (Lipinski definition) is 2. The number of benzene rings is 1. The van der Waals surface area contributed by atoms with Crippen molar-refractivity contribution in [1.29, 1.82) is 0 Å². The fourth-order valence-corrected chi connectivity index (χ4v) is 3.61. The molecule has 1 amide bonds. The minimum atomic E-state index is -0.720. The van der Waals surface area contributed by atoms with Crippen molar-refractivity contribution in [3.05, 3.63) is 36.0 Å². The second-order valence-electron chi connectivity index (χ2n) is 6.60. The largest absolute Gasteiger partial charge is 0.481 e. The Balaban J connectivity index is 1.74. The summed E-state index contributed by atoms with van der Waals surface area (Å²) in [4.78, 5) is 23.8. The number of carboxylic acid groups (broad SMARTS) is 1. The second kappa shape index (κ2) is 7.07. The van der Waals surface area contributed by atoms with Crippen LogP contribution in [0.1, 0.15) is 49.5 Å². The highest BCUT2D eigenvalue weighted by Crippen LogP contribution is 2.25. The lowest BCUT2D eigenvalue weighted by atomic mass is 9.86. The fraction of sp³-hybridized carbons (Fsp3) is 0.474. The van der Waals surface area contributed by atoms with Crippen LogP contribution in [0.25, 0.3) is 10.9 Å². The average molecular weight is 328 g/mol. The van der Waals surface area contributed by atoms with Crippen LogP contribution in [0.15, 0.2) is 30.3 Å². The van der Waals surface area contributed by atoms with E-state index in [0.717, 1.165) is 36.7 Å². The number of nitrogens with zero attached hydrogens (tertiary/aromatic N) is 1. The van der Waals surface area contributed by atoms with Gasteiger partial charge in [0.1, 0.15) is 5.69 Å². The molecule has 5 nitrogen and oxygen atoms in total. The summed E-state index contributed by atoms with van der Waals surface area (Å²) in [5.74, 6) is -1.04. The highest BCUT2D eigenvalue weighted by molar-refractivity contribution is 5.98. The lowest BCUT2D eigenvalue weighted by Gasteiger charge is -2.27. The van der Waals surface area contributed by atoms with Crippen LogP contribution in [0.5, 0.6) is 0 Å². The van der Waals surface area contributed by atoms with E-state index in [1.54, 1.807) is 0 Å². The van der Waals surface area contributed by atoms with Gasteiger partial charge in [-0.25, -0.2) is 0 Å². The zero-order valence-corrected chi connectivity index (χ0v) is 14.0. The maximum Gasteiger partial charge on any atom is 0.306 e. The summed E-state index contributed by atoms with van der Waals surface area (Å²) in [6.45, 7) is 2.91. The first-order valence-corrected chi connectivity index (χ1v) is 8.72. The number of aromatic nitrogens is 1. The highest BCUT2D eigenvalue weighted by Gasteiger charge is 2.27. The summed E-state index contributed by atoms with van der Waals surface area (Å²) >= 11 is 0. The van der Waals surface area contributed by atoms with E-state index in [9.17, 15) is 9.59 Å². The van der Waals surface area contributed by atoms with Crippen molar-refractivity contribution in [2.45, 2.75) is 51.6 Å². The molecule has 1 saturated carbocycles. The summed E-state index contributed by atoms with van der Waals surface area (Å²) in [7, 11) is 0. The van der Waals surface area contributed by atoms with Crippen molar-refractivity contribution in [3.63, 3.8) is 0 Å². The number of carboxylic acids is 1. The van der Waals surface area contributed by atoms with Gasteiger partial charge in [0.05, 0.1) is 5.92 Å². The van der Waals surface area contributed by atoms with Gasteiger partial charge in [-0.05, 0) is 44.2 Å². The van der Waals surface area contributed by atoms with Gasteiger partial charge in [-0.3, -0.25) is 9.59 Å². The quantitative estimate of drug-likeness (QED) is 0.883. The Morgan fingerprint density at radius 1 is 1.21 bits per heavy atom. The lowest BCUT2D eigenvalue weighted by Crippen LogP contribution is -2.39. The number of carbonyl (C=O) groups is 2. The van der Waals surface area contributed by atoms with E-state index in [0.29, 0.717) is 18.5 Å². The van der Waals surface area contributed by atoms with Crippen LogP contribution in [-0.2, 0) is 11.3 Å². The average Bonchev–Trinajstić information content (AvgIpc) is 2.95. The van der Waals surface area contributed by atoms with Crippen molar-refractivity contribution in [1.82, 2.24) is 9.88 Å². The molecule has 128 valence electrons. The molecule has 0 unspecified atom stereocenters. The first-order valence-electron chi connectivity index (χ1n) is 8.72. The van der Waals surface area contributed by atoms with Crippen LogP contribution >= 0.6 is 0 Å². The summed E-state index contributed by atoms with van der Waals surface area (Å²) in [5, 5.41) is 13.2. The topological polar surface area (TPSA) is 71.3 Å². The smallest absolute Gasteiger partial charge is 0.306 e. The second-order valence-corrected chi connectivity index (χ2v) is 6.60. The molecule has 24 heavy (non-hydrogen) atoms. The number of nitrogens with one attached hydrogen (secondary N) is 1. The molecule has 1 aliphatic carbocycles. The minimum absolute atomic E-state index is 0.0570. The minimum Gasteiger partial charge on any atom is -0.481 e. The maximum absolute atomic E-state index is 12.7. The lowest BCUT2D eigenvalue weighted by molar-refractivity contribution is -0.142. The molecule has 1 aromatic carbocycles. The number of aliphatic carboxylic acids is 1. The van der Waals surface area contributed by atoms with E-state index in [-0.39, 0.29) is 17.9 Å². The molecule has 5 heteroatoms. The maximum atomic E-state index is 12.7. The summed E-state index contributed by atoms with van der Waals surface area (Å²) in [6.07, 6.45) is 3.70. The number of aryl methyl sites for hydroxylation is 1. The van der Waals surface area contributed by atoms with E-state index in [1.165, 1.54) is 0 Å². The molecule has 2 aromatic rings. The molecular formula is C19H24N2O3. The van der Waals surface area contributed by atoms with Gasteiger partial charge >= 0.3 is 5.97 Å². The summed E-state index contributed by atoms with van der Waals surface area (Å²) < 4.78 is 2.08. The van der Waals surface area contributed by atoms with E-state index in [4.69, 9.17) is 5.11 Å². The van der Waals surface area contributed by atoms with Crippen LogP contribution < -0.4 is 5.32 Å². The molecule has 0 aliphatic heterocycles. The zero-order valence-electron chi connectivity index (χ0n) is 14.0. The van der Waals surface area contributed by atoms with Crippen molar-refractivity contribution < 1.29 is 14.7 Å². The van der Waals surface area contributed by atoms with Gasteiger partial charge in [0.2, 0.25) is 0 Å². The predicted octanol–water partition coefficient (Wildman–Crippen LogP) is 3.42. The van der Waals surface area contributed by atoms with E-state index < -0.39 is 5.97 Å². The van der Waals surface area contributed by atoms with Crippen LogP contribution in [0, 0.1) is 5.92 Å². The van der Waals surface area contributed by atoms with Crippen molar-refractivity contribution in [2.24, 2.45) is 5.92 Å². The summed E-state index contributed by atoms with van der Waals surface area (Å²) in [5.41, 5.74) is 1.78. The van der Waals surface area contributed by atoms with Gasteiger partial charge in [0.15, 0.2) is 0 Å². The number of rotatable bonds is 5. The first-order chi connectivity index (χ1) is 11.6. The van der Waals surface area contributed by atoms with Gasteiger partial charge in [-0.15, -0.1) is 0 Å². The van der Waals surface area contributed by atoms with Gasteiger partial charge < -0.3 is 15.0 Å². The Morgan fingerprint density at radius 2 is 1.92 bits per heavy atom. The molecule has 1 aliphatic rings. The van der Waals surface area contributed by atoms with Gasteiger partial charge in [0.25, 0.3) is 5.91 Å². The number of amides is 1. The molecule has 0 spiro atoms. The molecule has 2 N–H and O–H groups in total. The first kappa shape index (κ1) is 16.6. The Kier molecular flexibility index (Phi) is 4.88. The Hall–Kier alpha value is -2.30. The third-order valence-electron chi connectivity index (χ3n) is 4.90. The number of fused-ring (bicyclic) bond motifs is 1. The number of hydrogen-bond acceptors (Lipinski definition) is 2. The Labute approximate surface area is 141 Å². The number of carbonyl (C=O) groups excluding carboxylic acids is 1. The van der Waals surface area contributed by atoms with Crippen molar-refractivity contribution >= 4 is 22.8 Å². The zero-order chi connectivity index (χ0) is 17.1. The molecular weight excluding hydrogens is 304 g/mol. The standard InChI is InChI=1S/C19H24N2O3/c1-2-11-21-16-6-4-3-5-14(16)12-17(21)18(22)20-15-9-7-13(8-10-15)19(23)24/h3-6,12-13,15H,2,7-11H2,1H3,(H,20,22)(H,23,24). The molecule has 0 atom stereocenters. The van der Waals surface area contributed by atoms with E-state index in [2.05, 4.69) is 16.8 Å². The normalized spacial score (nSPS) is 20.9. The SMILES string of the molecule is CCCn1c(C(=O)NC2CCC(C(=O)O)CC2)cc2ccccc21. The molecule has 0 saturated heterocycles. The van der Waals surface area contributed by atoms with Crippen molar-refractivity contribution in [2.75, 3.05) is 0 Å². The van der Waals surface area contributed by atoms with Crippen LogP contribution in [0.4, 0.5) is 0 Å². The van der Waals surface area contributed by atoms with Crippen LogP contribution in [0.2, 0.25) is 0 Å². The monoisotopic (exact) mass is 328 g/mol. The molecule has 3 rings (SSSR count). The van der Waals surface area contributed by atoms with Crippen LogP contribution in [-0.4, -0.2) is 27.6 Å².